The second-order valence-corrected chi connectivity index (χ2v) is 6.42. The molecular formula is C17H27NO2. The fourth-order valence-electron chi connectivity index (χ4n) is 1.84. The largest absolute Gasteiger partial charge is 0.460 e. The number of nitrogens with one attached hydrogen (secondary N) is 1. The molecule has 0 amide bonds. The first kappa shape index (κ1) is 16.7. The average Bonchev–Trinajstić information content (AvgIpc) is 2.37. The molecule has 0 heterocycles. The van der Waals surface area contributed by atoms with Crippen molar-refractivity contribution < 1.29 is 9.53 Å². The third kappa shape index (κ3) is 6.20. The molecule has 0 aliphatic rings. The molecular weight excluding hydrogens is 250 g/mol. The Kier molecular flexibility index (Phi) is 6.21. The Morgan fingerprint density at radius 2 is 1.80 bits per heavy atom. The van der Waals surface area contributed by atoms with Gasteiger partial charge in [0.1, 0.15) is 5.60 Å². The van der Waals surface area contributed by atoms with Crippen LogP contribution < -0.4 is 5.32 Å². The smallest absolute Gasteiger partial charge is 0.309 e. The zero-order valence-electron chi connectivity index (χ0n) is 13.3. The predicted molar refractivity (Wildman–Crippen MR) is 82.3 cm³/mol. The van der Waals surface area contributed by atoms with Crippen molar-refractivity contribution in [3.8, 4) is 0 Å². The standard InChI is InChI=1S/C17H27NO2/c1-13(14(2)16(19)20-17(3,4)5)11-18-12-15-9-7-6-8-10-15/h6-10,13-14,18H,11-12H2,1-5H3/t13-,14?/m1/s1. The second kappa shape index (κ2) is 7.44. The Morgan fingerprint density at radius 1 is 1.20 bits per heavy atom. The highest BCUT2D eigenvalue weighted by Crippen LogP contribution is 2.17. The van der Waals surface area contributed by atoms with Crippen molar-refractivity contribution in [3.63, 3.8) is 0 Å². The van der Waals surface area contributed by atoms with Crippen LogP contribution in [-0.2, 0) is 16.1 Å². The minimum absolute atomic E-state index is 0.0995. The molecule has 0 radical (unpaired) electrons. The Morgan fingerprint density at radius 3 is 2.35 bits per heavy atom. The van der Waals surface area contributed by atoms with Crippen LogP contribution in [0.5, 0.6) is 0 Å². The van der Waals surface area contributed by atoms with Gasteiger partial charge in [0, 0.05) is 6.54 Å². The fraction of sp³-hybridized carbons (Fsp3) is 0.588. The molecule has 0 aliphatic heterocycles. The summed E-state index contributed by atoms with van der Waals surface area (Å²) in [5, 5.41) is 3.39. The number of hydrogen-bond donors (Lipinski definition) is 1. The third-order valence-electron chi connectivity index (χ3n) is 3.27. The molecule has 0 aromatic heterocycles. The monoisotopic (exact) mass is 277 g/mol. The number of hydrogen-bond acceptors (Lipinski definition) is 3. The Labute approximate surface area is 122 Å². The summed E-state index contributed by atoms with van der Waals surface area (Å²) < 4.78 is 5.42. The molecule has 1 aromatic rings. The molecule has 0 saturated carbocycles. The van der Waals surface area contributed by atoms with Gasteiger partial charge in [0.25, 0.3) is 0 Å². The first-order chi connectivity index (χ1) is 9.29. The van der Waals surface area contributed by atoms with E-state index in [0.717, 1.165) is 13.1 Å². The van der Waals surface area contributed by atoms with Gasteiger partial charge in [-0.05, 0) is 38.8 Å². The Bertz CT molecular complexity index is 409. The van der Waals surface area contributed by atoms with Gasteiger partial charge in [-0.15, -0.1) is 0 Å². The summed E-state index contributed by atoms with van der Waals surface area (Å²) in [6, 6.07) is 10.3. The second-order valence-electron chi connectivity index (χ2n) is 6.42. The van der Waals surface area contributed by atoms with Crippen LogP contribution in [-0.4, -0.2) is 18.1 Å². The van der Waals surface area contributed by atoms with Crippen LogP contribution in [0, 0.1) is 11.8 Å². The lowest BCUT2D eigenvalue weighted by Gasteiger charge is -2.25. The summed E-state index contributed by atoms with van der Waals surface area (Å²) in [6.45, 7) is 11.3. The molecule has 0 fully saturated rings. The van der Waals surface area contributed by atoms with Crippen LogP contribution in [0.25, 0.3) is 0 Å². The van der Waals surface area contributed by atoms with Crippen LogP contribution in [0.15, 0.2) is 30.3 Å². The van der Waals surface area contributed by atoms with Gasteiger partial charge in [-0.1, -0.05) is 44.2 Å². The van der Waals surface area contributed by atoms with Crippen molar-refractivity contribution in [1.29, 1.82) is 0 Å². The number of benzene rings is 1. The van der Waals surface area contributed by atoms with Crippen molar-refractivity contribution >= 4 is 5.97 Å². The summed E-state index contributed by atoms with van der Waals surface area (Å²) in [5.74, 6) is 0.0255. The summed E-state index contributed by atoms with van der Waals surface area (Å²) in [6.07, 6.45) is 0. The van der Waals surface area contributed by atoms with Crippen LogP contribution in [0.1, 0.15) is 40.2 Å². The van der Waals surface area contributed by atoms with Crippen LogP contribution >= 0.6 is 0 Å². The lowest BCUT2D eigenvalue weighted by Crippen LogP contribution is -2.34. The Hall–Kier alpha value is -1.35. The molecule has 0 aliphatic carbocycles. The van der Waals surface area contributed by atoms with E-state index in [9.17, 15) is 4.79 Å². The summed E-state index contributed by atoms with van der Waals surface area (Å²) in [5.41, 5.74) is 0.840. The van der Waals surface area contributed by atoms with Crippen molar-refractivity contribution in [3.05, 3.63) is 35.9 Å². The first-order valence-corrected chi connectivity index (χ1v) is 7.27. The normalized spacial score (nSPS) is 14.7. The minimum Gasteiger partial charge on any atom is -0.460 e. The molecule has 1 unspecified atom stereocenters. The maximum atomic E-state index is 12.0. The lowest BCUT2D eigenvalue weighted by atomic mass is 9.95. The van der Waals surface area contributed by atoms with E-state index in [1.807, 2.05) is 45.9 Å². The van der Waals surface area contributed by atoms with Gasteiger partial charge in [0.15, 0.2) is 0 Å². The molecule has 1 rings (SSSR count). The van der Waals surface area contributed by atoms with Crippen LogP contribution in [0.3, 0.4) is 0 Å². The van der Waals surface area contributed by atoms with Gasteiger partial charge >= 0.3 is 5.97 Å². The maximum Gasteiger partial charge on any atom is 0.309 e. The molecule has 3 nitrogen and oxygen atoms in total. The van der Waals surface area contributed by atoms with Crippen molar-refractivity contribution in [1.82, 2.24) is 5.32 Å². The fourth-order valence-corrected chi connectivity index (χ4v) is 1.84. The lowest BCUT2D eigenvalue weighted by molar-refractivity contribution is -0.161. The summed E-state index contributed by atoms with van der Waals surface area (Å²) >= 11 is 0. The van der Waals surface area contributed by atoms with E-state index >= 15 is 0 Å². The van der Waals surface area contributed by atoms with E-state index in [2.05, 4.69) is 24.4 Å². The van der Waals surface area contributed by atoms with Gasteiger partial charge in [0.05, 0.1) is 5.92 Å². The van der Waals surface area contributed by atoms with Gasteiger partial charge in [-0.2, -0.15) is 0 Å². The van der Waals surface area contributed by atoms with Crippen molar-refractivity contribution in [2.24, 2.45) is 11.8 Å². The molecule has 1 aromatic carbocycles. The molecule has 0 saturated heterocycles. The zero-order chi connectivity index (χ0) is 15.2. The van der Waals surface area contributed by atoms with Gasteiger partial charge in [0.2, 0.25) is 0 Å². The maximum absolute atomic E-state index is 12.0. The van der Waals surface area contributed by atoms with Gasteiger partial charge in [-0.25, -0.2) is 0 Å². The van der Waals surface area contributed by atoms with E-state index in [4.69, 9.17) is 4.74 Å². The van der Waals surface area contributed by atoms with E-state index in [0.29, 0.717) is 0 Å². The van der Waals surface area contributed by atoms with E-state index in [1.165, 1.54) is 5.56 Å². The molecule has 112 valence electrons. The molecule has 0 spiro atoms. The number of carbonyl (C=O) groups is 1. The number of rotatable bonds is 6. The van der Waals surface area contributed by atoms with Crippen molar-refractivity contribution in [2.75, 3.05) is 6.54 Å². The highest BCUT2D eigenvalue weighted by molar-refractivity contribution is 5.72. The average molecular weight is 277 g/mol. The number of carbonyl (C=O) groups excluding carboxylic acids is 1. The van der Waals surface area contributed by atoms with Crippen LogP contribution in [0.4, 0.5) is 0 Å². The zero-order valence-corrected chi connectivity index (χ0v) is 13.3. The molecule has 0 bridgehead atoms. The van der Waals surface area contributed by atoms with E-state index < -0.39 is 5.60 Å². The van der Waals surface area contributed by atoms with Gasteiger partial charge in [-0.3, -0.25) is 4.79 Å². The van der Waals surface area contributed by atoms with E-state index in [1.54, 1.807) is 0 Å². The number of ether oxygens (including phenoxy) is 1. The molecule has 2 atom stereocenters. The quantitative estimate of drug-likeness (QED) is 0.810. The summed E-state index contributed by atoms with van der Waals surface area (Å²) in [4.78, 5) is 12.0. The molecule has 3 heteroatoms. The molecule has 1 N–H and O–H groups in total. The van der Waals surface area contributed by atoms with Crippen LogP contribution in [0.2, 0.25) is 0 Å². The predicted octanol–water partition coefficient (Wildman–Crippen LogP) is 3.39. The highest BCUT2D eigenvalue weighted by atomic mass is 16.6. The van der Waals surface area contributed by atoms with E-state index in [-0.39, 0.29) is 17.8 Å². The SMILES string of the molecule is CC(C(=O)OC(C)(C)C)[C@H](C)CNCc1ccccc1. The van der Waals surface area contributed by atoms with Crippen molar-refractivity contribution in [2.45, 2.75) is 46.8 Å². The Balaban J connectivity index is 2.35. The number of esters is 1. The minimum atomic E-state index is -0.414. The summed E-state index contributed by atoms with van der Waals surface area (Å²) in [7, 11) is 0. The highest BCUT2D eigenvalue weighted by Gasteiger charge is 2.25. The first-order valence-electron chi connectivity index (χ1n) is 7.27. The topological polar surface area (TPSA) is 38.3 Å². The third-order valence-corrected chi connectivity index (χ3v) is 3.27. The molecule has 20 heavy (non-hydrogen) atoms. The van der Waals surface area contributed by atoms with Gasteiger partial charge < -0.3 is 10.1 Å².